The third-order valence-corrected chi connectivity index (χ3v) is 3.14. The third-order valence-electron chi connectivity index (χ3n) is 3.14. The van der Waals surface area contributed by atoms with Crippen LogP contribution in [0.3, 0.4) is 0 Å². The molecule has 0 saturated carbocycles. The van der Waals surface area contributed by atoms with Gasteiger partial charge >= 0.3 is 6.18 Å². The summed E-state index contributed by atoms with van der Waals surface area (Å²) in [6.45, 7) is 0. The summed E-state index contributed by atoms with van der Waals surface area (Å²) in [7, 11) is 0. The summed E-state index contributed by atoms with van der Waals surface area (Å²) < 4.78 is 36.8. The Kier molecular flexibility index (Phi) is 3.38. The van der Waals surface area contributed by atoms with Gasteiger partial charge in [0.1, 0.15) is 0 Å². The van der Waals surface area contributed by atoms with E-state index in [-0.39, 0.29) is 0 Å². The Bertz CT molecular complexity index is 392. The molecule has 1 aliphatic rings. The lowest BCUT2D eigenvalue weighted by Crippen LogP contribution is -2.28. The minimum Gasteiger partial charge on any atom is -0.392 e. The summed E-state index contributed by atoms with van der Waals surface area (Å²) in [5, 5.41) is 9.70. The van der Waals surface area contributed by atoms with Crippen LogP contribution in [0.25, 0.3) is 0 Å². The quantitative estimate of drug-likeness (QED) is 0.869. The first-order chi connectivity index (χ1) is 7.97. The van der Waals surface area contributed by atoms with E-state index in [1.807, 2.05) is 6.07 Å². The van der Waals surface area contributed by atoms with Crippen LogP contribution in [0, 0.1) is 0 Å². The predicted octanol–water partition coefficient (Wildman–Crippen LogP) is 2.81. The van der Waals surface area contributed by atoms with E-state index in [1.54, 1.807) is 12.3 Å². The predicted molar refractivity (Wildman–Crippen MR) is 56.6 cm³/mol. The fraction of sp³-hybridized carbons (Fsp3) is 0.583. The van der Waals surface area contributed by atoms with E-state index in [0.717, 1.165) is 18.4 Å². The van der Waals surface area contributed by atoms with E-state index in [1.165, 1.54) is 0 Å². The number of hydrogen-bond acceptors (Lipinski definition) is 2. The highest BCUT2D eigenvalue weighted by Gasteiger charge is 2.37. The molecule has 0 fully saturated rings. The Labute approximate surface area is 97.5 Å². The number of aliphatic hydroxyl groups is 1. The van der Waals surface area contributed by atoms with Gasteiger partial charge in [-0.2, -0.15) is 13.2 Å². The van der Waals surface area contributed by atoms with Crippen molar-refractivity contribution < 1.29 is 18.3 Å². The van der Waals surface area contributed by atoms with Gasteiger partial charge in [0.25, 0.3) is 0 Å². The summed E-state index contributed by atoms with van der Waals surface area (Å²) in [5.74, 6) is -0.485. The number of fused-ring (bicyclic) bond motifs is 1. The van der Waals surface area contributed by atoms with E-state index in [0.29, 0.717) is 12.1 Å². The number of rotatable bonds is 2. The molecule has 1 N–H and O–H groups in total. The molecule has 5 heteroatoms. The number of alkyl halides is 3. The van der Waals surface area contributed by atoms with Crippen molar-refractivity contribution in [1.29, 1.82) is 0 Å². The first kappa shape index (κ1) is 12.4. The Morgan fingerprint density at radius 2 is 2.24 bits per heavy atom. The molecule has 2 atom stereocenters. The van der Waals surface area contributed by atoms with Gasteiger partial charge in [0.05, 0.1) is 12.5 Å². The van der Waals surface area contributed by atoms with Crippen LogP contribution in [-0.2, 0) is 6.42 Å². The molecule has 1 aromatic rings. The Morgan fingerprint density at radius 1 is 1.47 bits per heavy atom. The summed E-state index contributed by atoms with van der Waals surface area (Å²) in [4.78, 5) is 4.12. The Balaban J connectivity index is 2.18. The van der Waals surface area contributed by atoms with Gasteiger partial charge in [-0.25, -0.2) is 0 Å². The normalized spacial score (nSPS) is 22.0. The first-order valence-electron chi connectivity index (χ1n) is 5.66. The fourth-order valence-electron chi connectivity index (χ4n) is 2.40. The molecule has 2 nitrogen and oxygen atoms in total. The standard InChI is InChI=1S/C12H14F3NO/c13-12(14,15)7-10(17)9-5-1-3-8-4-2-6-16-11(8)9/h2,4,6,9-10,17H,1,3,5,7H2. The van der Waals surface area contributed by atoms with E-state index in [2.05, 4.69) is 4.98 Å². The minimum absolute atomic E-state index is 0.485. The lowest BCUT2D eigenvalue weighted by Gasteiger charge is -2.28. The van der Waals surface area contributed by atoms with Crippen molar-refractivity contribution in [1.82, 2.24) is 4.98 Å². The molecule has 0 saturated heterocycles. The number of aliphatic hydroxyl groups excluding tert-OH is 1. The second kappa shape index (κ2) is 4.64. The number of halogens is 3. The van der Waals surface area contributed by atoms with E-state index in [9.17, 15) is 18.3 Å². The largest absolute Gasteiger partial charge is 0.392 e. The number of aryl methyl sites for hydroxylation is 1. The summed E-state index contributed by atoms with van der Waals surface area (Å²) in [6.07, 6.45) is -3.10. The molecule has 0 bridgehead atoms. The van der Waals surface area contributed by atoms with Crippen molar-refractivity contribution in [3.8, 4) is 0 Å². The highest BCUT2D eigenvalue weighted by atomic mass is 19.4. The smallest absolute Gasteiger partial charge is 0.391 e. The van der Waals surface area contributed by atoms with Gasteiger partial charge in [0, 0.05) is 17.8 Å². The molecule has 0 spiro atoms. The number of pyridine rings is 1. The van der Waals surface area contributed by atoms with Crippen LogP contribution in [0.4, 0.5) is 13.2 Å². The molecule has 17 heavy (non-hydrogen) atoms. The van der Waals surface area contributed by atoms with Crippen LogP contribution >= 0.6 is 0 Å². The summed E-state index contributed by atoms with van der Waals surface area (Å²) in [6, 6.07) is 3.64. The van der Waals surface area contributed by atoms with Crippen molar-refractivity contribution in [3.05, 3.63) is 29.6 Å². The number of aromatic nitrogens is 1. The molecule has 1 heterocycles. The van der Waals surface area contributed by atoms with Crippen molar-refractivity contribution in [3.63, 3.8) is 0 Å². The molecule has 2 rings (SSSR count). The highest BCUT2D eigenvalue weighted by Crippen LogP contribution is 2.36. The van der Waals surface area contributed by atoms with E-state index >= 15 is 0 Å². The van der Waals surface area contributed by atoms with Crippen LogP contribution in [0.15, 0.2) is 18.3 Å². The molecule has 0 aliphatic heterocycles. The molecule has 0 amide bonds. The van der Waals surface area contributed by atoms with Gasteiger partial charge in [-0.05, 0) is 30.9 Å². The zero-order valence-corrected chi connectivity index (χ0v) is 9.24. The van der Waals surface area contributed by atoms with Crippen molar-refractivity contribution in [2.24, 2.45) is 0 Å². The van der Waals surface area contributed by atoms with Gasteiger partial charge in [0.15, 0.2) is 0 Å². The monoisotopic (exact) mass is 245 g/mol. The minimum atomic E-state index is -4.33. The summed E-state index contributed by atoms with van der Waals surface area (Å²) in [5.41, 5.74) is 1.60. The highest BCUT2D eigenvalue weighted by molar-refractivity contribution is 5.26. The van der Waals surface area contributed by atoms with Crippen LogP contribution in [0.5, 0.6) is 0 Å². The average molecular weight is 245 g/mol. The topological polar surface area (TPSA) is 33.1 Å². The lowest BCUT2D eigenvalue weighted by molar-refractivity contribution is -0.156. The molecule has 2 unspecified atom stereocenters. The first-order valence-corrected chi connectivity index (χ1v) is 5.66. The average Bonchev–Trinajstić information content (AvgIpc) is 2.26. The van der Waals surface area contributed by atoms with Gasteiger partial charge in [0.2, 0.25) is 0 Å². The van der Waals surface area contributed by atoms with Crippen LogP contribution in [-0.4, -0.2) is 22.4 Å². The van der Waals surface area contributed by atoms with E-state index < -0.39 is 24.6 Å². The second-order valence-corrected chi connectivity index (χ2v) is 4.43. The maximum atomic E-state index is 12.3. The number of nitrogens with zero attached hydrogens (tertiary/aromatic N) is 1. The third kappa shape index (κ3) is 2.97. The van der Waals surface area contributed by atoms with E-state index in [4.69, 9.17) is 0 Å². The second-order valence-electron chi connectivity index (χ2n) is 4.43. The van der Waals surface area contributed by atoms with Crippen LogP contribution < -0.4 is 0 Å². The molecular weight excluding hydrogens is 231 g/mol. The zero-order valence-electron chi connectivity index (χ0n) is 9.24. The molecule has 94 valence electrons. The van der Waals surface area contributed by atoms with Gasteiger partial charge in [-0.3, -0.25) is 4.98 Å². The number of hydrogen-bond donors (Lipinski definition) is 1. The van der Waals surface area contributed by atoms with Crippen molar-refractivity contribution in [2.45, 2.75) is 43.9 Å². The SMILES string of the molecule is OC(CC(F)(F)F)C1CCCc2cccnc21. The van der Waals surface area contributed by atoms with Crippen molar-refractivity contribution >= 4 is 0 Å². The maximum Gasteiger partial charge on any atom is 0.391 e. The Hall–Kier alpha value is -1.10. The van der Waals surface area contributed by atoms with Gasteiger partial charge < -0.3 is 5.11 Å². The zero-order chi connectivity index (χ0) is 12.5. The molecule has 1 aromatic heterocycles. The van der Waals surface area contributed by atoms with Gasteiger partial charge in [-0.15, -0.1) is 0 Å². The Morgan fingerprint density at radius 3 is 2.94 bits per heavy atom. The molecule has 0 radical (unpaired) electrons. The summed E-state index contributed by atoms with van der Waals surface area (Å²) >= 11 is 0. The van der Waals surface area contributed by atoms with Gasteiger partial charge in [-0.1, -0.05) is 6.07 Å². The van der Waals surface area contributed by atoms with Crippen LogP contribution in [0.1, 0.15) is 36.4 Å². The maximum absolute atomic E-state index is 12.3. The molecular formula is C12H14F3NO. The van der Waals surface area contributed by atoms with Crippen molar-refractivity contribution in [2.75, 3.05) is 0 Å². The van der Waals surface area contributed by atoms with Crippen LogP contribution in [0.2, 0.25) is 0 Å². The molecule has 1 aliphatic carbocycles. The molecule has 0 aromatic carbocycles. The lowest BCUT2D eigenvalue weighted by atomic mass is 9.82. The fourth-order valence-corrected chi connectivity index (χ4v) is 2.40.